The summed E-state index contributed by atoms with van der Waals surface area (Å²) in [5.41, 5.74) is 13.5. The molecule has 2 bridgehead atoms. The van der Waals surface area contributed by atoms with Crippen LogP contribution >= 0.6 is 24.4 Å². The van der Waals surface area contributed by atoms with Crippen molar-refractivity contribution in [3.8, 4) is 34.1 Å². The summed E-state index contributed by atoms with van der Waals surface area (Å²) in [7, 11) is 3.27. The lowest BCUT2D eigenvalue weighted by Crippen LogP contribution is -2.40. The van der Waals surface area contributed by atoms with Gasteiger partial charge in [0.1, 0.15) is 0 Å². The number of thiol groups is 1. The van der Waals surface area contributed by atoms with E-state index >= 15 is 0 Å². The maximum absolute atomic E-state index is 14.6. The summed E-state index contributed by atoms with van der Waals surface area (Å²) in [5.74, 6) is 3.64. The maximum atomic E-state index is 14.6. The topological polar surface area (TPSA) is 69.6 Å². The third-order valence-corrected chi connectivity index (χ3v) is 12.5. The van der Waals surface area contributed by atoms with Gasteiger partial charge in [0, 0.05) is 45.4 Å². The van der Waals surface area contributed by atoms with Gasteiger partial charge in [-0.25, -0.2) is 0 Å². The lowest BCUT2D eigenvalue weighted by atomic mass is 9.88. The van der Waals surface area contributed by atoms with E-state index in [1.165, 1.54) is 21.6 Å². The number of hydrogen-bond donors (Lipinski definition) is 1. The van der Waals surface area contributed by atoms with Gasteiger partial charge < -0.3 is 18.9 Å². The molecule has 2 aliphatic heterocycles. The predicted octanol–water partition coefficient (Wildman–Crippen LogP) is 12.5. The van der Waals surface area contributed by atoms with E-state index in [0.717, 1.165) is 65.2 Å². The minimum atomic E-state index is -0.136. The van der Waals surface area contributed by atoms with Gasteiger partial charge in [-0.3, -0.25) is 14.7 Å². The van der Waals surface area contributed by atoms with E-state index in [4.69, 9.17) is 36.6 Å². The largest absolute Gasteiger partial charge is 0.493 e. The molecule has 59 heavy (non-hydrogen) atoms. The fourth-order valence-electron chi connectivity index (χ4n) is 7.58. The molecule has 2 atom stereocenters. The summed E-state index contributed by atoms with van der Waals surface area (Å²) in [4.78, 5) is 22.7. The van der Waals surface area contributed by atoms with Crippen molar-refractivity contribution in [3.05, 3.63) is 117 Å². The lowest BCUT2D eigenvalue weighted by Gasteiger charge is -2.33. The fourth-order valence-corrected chi connectivity index (χ4v) is 8.65. The molecule has 0 fully saturated rings. The Morgan fingerprint density at radius 1 is 0.966 bits per heavy atom. The average Bonchev–Trinajstić information content (AvgIpc) is 3.36. The number of carbonyl (C=O) groups is 1. The first-order chi connectivity index (χ1) is 28.3. The summed E-state index contributed by atoms with van der Waals surface area (Å²) in [6, 6.07) is 16.1. The van der Waals surface area contributed by atoms with Crippen LogP contribution in [0.15, 0.2) is 105 Å². The number of fused-ring (bicyclic) bond motifs is 3. The van der Waals surface area contributed by atoms with Gasteiger partial charge in [-0.2, -0.15) is 12.6 Å². The highest BCUT2D eigenvalue weighted by molar-refractivity contribution is 8.03. The number of amides is 1. The van der Waals surface area contributed by atoms with E-state index in [1.807, 2.05) is 53.9 Å². The van der Waals surface area contributed by atoms with Crippen molar-refractivity contribution in [2.45, 2.75) is 97.8 Å². The molecule has 0 aromatic heterocycles. The van der Waals surface area contributed by atoms with Crippen molar-refractivity contribution in [2.24, 2.45) is 10.9 Å². The number of ether oxygens (including phenoxy) is 4. The molecular formula is C50H60N2O5S2. The Morgan fingerprint density at radius 2 is 1.68 bits per heavy atom. The van der Waals surface area contributed by atoms with E-state index in [-0.39, 0.29) is 16.7 Å². The molecule has 0 radical (unpaired) electrons. The summed E-state index contributed by atoms with van der Waals surface area (Å²) < 4.78 is 24.2. The van der Waals surface area contributed by atoms with E-state index in [0.29, 0.717) is 60.5 Å². The first kappa shape index (κ1) is 44.0. The minimum Gasteiger partial charge on any atom is -0.493 e. The maximum Gasteiger partial charge on any atom is 0.259 e. The summed E-state index contributed by atoms with van der Waals surface area (Å²) in [6.45, 7) is 15.7. The van der Waals surface area contributed by atoms with Crippen molar-refractivity contribution in [1.29, 1.82) is 0 Å². The van der Waals surface area contributed by atoms with Gasteiger partial charge in [0.05, 0.1) is 44.9 Å². The molecule has 1 unspecified atom stereocenters. The van der Waals surface area contributed by atoms with Gasteiger partial charge in [-0.1, -0.05) is 69.3 Å². The Hall–Kier alpha value is -4.56. The Labute approximate surface area is 361 Å². The number of carbonyl (C=O) groups excluding carboxylic acids is 1. The standard InChI is InChI=1S/C50H60N2O5S2/c1-10-32(2)23-39-27-36-26-38(17-18-40(28-36)59-22-13-19-50(6,7)58)52(39)49(53)42-29-45(54-8)47(25-34(42)4)56-20-14-21-57-48-31-44-43(30-46(48)55-9)41-16-12-11-15-37(41)24-33(3)35(5)51-44/h11-12,15-18,23,25,28-31,33,39,58H,10,13-14,19-22,24,27H2,1-9H3/b32-23+,51-35?/t33?,39-/m1/s1. The average molecular weight is 833 g/mol. The second-order valence-electron chi connectivity index (χ2n) is 16.4. The van der Waals surface area contributed by atoms with Gasteiger partial charge in [0.2, 0.25) is 0 Å². The number of aliphatic imine (C=N–C) groups is 1. The molecule has 6 rings (SSSR count). The molecule has 7 nitrogen and oxygen atoms in total. The zero-order valence-electron chi connectivity index (χ0n) is 36.2. The second kappa shape index (κ2) is 19.7. The monoisotopic (exact) mass is 832 g/mol. The SMILES string of the molecule is CC/C(C)=C/[C@@H]1CC2=C=C(C=CC(SCCCC(C)(C)S)=C2)N1C(=O)c1cc(OC)c(OCCCOc2cc3c(cc2OC)-c2ccccc2CC(C)C(C)=N3)cc1C. The molecule has 3 aliphatic rings. The smallest absolute Gasteiger partial charge is 0.259 e. The Balaban J connectivity index is 1.14. The molecule has 0 saturated heterocycles. The number of rotatable bonds is 16. The first-order valence-electron chi connectivity index (χ1n) is 20.8. The highest BCUT2D eigenvalue weighted by atomic mass is 32.2. The van der Waals surface area contributed by atoms with Crippen LogP contribution in [-0.4, -0.2) is 60.5 Å². The lowest BCUT2D eigenvalue weighted by molar-refractivity contribution is 0.0774. The molecule has 9 heteroatoms. The number of thioether (sulfide) groups is 1. The number of nitrogens with zero attached hydrogens (tertiary/aromatic N) is 2. The Kier molecular flexibility index (Phi) is 14.7. The van der Waals surface area contributed by atoms with Crippen molar-refractivity contribution < 1.29 is 23.7 Å². The van der Waals surface area contributed by atoms with E-state index < -0.39 is 0 Å². The molecule has 3 aromatic carbocycles. The third-order valence-electron chi connectivity index (χ3n) is 11.2. The molecular weight excluding hydrogens is 773 g/mol. The number of hydrogen-bond acceptors (Lipinski definition) is 8. The van der Waals surface area contributed by atoms with Crippen LogP contribution in [0.25, 0.3) is 11.1 Å². The van der Waals surface area contributed by atoms with E-state index in [2.05, 4.69) is 89.8 Å². The molecule has 0 N–H and O–H groups in total. The van der Waals surface area contributed by atoms with Gasteiger partial charge in [-0.05, 0) is 117 Å². The number of aryl methyl sites for hydroxylation is 1. The molecule has 1 aliphatic carbocycles. The highest BCUT2D eigenvalue weighted by Gasteiger charge is 2.32. The predicted molar refractivity (Wildman–Crippen MR) is 249 cm³/mol. The highest BCUT2D eigenvalue weighted by Crippen LogP contribution is 2.44. The normalized spacial score (nSPS) is 17.6. The quantitative estimate of drug-likeness (QED) is 0.0671. The Bertz CT molecular complexity index is 2240. The summed E-state index contributed by atoms with van der Waals surface area (Å²) in [6.07, 6.45) is 13.9. The first-order valence-corrected chi connectivity index (χ1v) is 22.3. The van der Waals surface area contributed by atoms with Gasteiger partial charge in [0.15, 0.2) is 23.0 Å². The minimum absolute atomic E-state index is 0.0234. The third kappa shape index (κ3) is 11.0. The summed E-state index contributed by atoms with van der Waals surface area (Å²) >= 11 is 6.54. The number of benzene rings is 3. The van der Waals surface area contributed by atoms with Crippen LogP contribution < -0.4 is 18.9 Å². The molecule has 3 aromatic rings. The number of allylic oxidation sites excluding steroid dienone is 3. The summed E-state index contributed by atoms with van der Waals surface area (Å²) in [5, 5.41) is 0. The fraction of sp³-hybridized carbons (Fsp3) is 0.420. The Morgan fingerprint density at radius 3 is 2.39 bits per heavy atom. The van der Waals surface area contributed by atoms with Gasteiger partial charge >= 0.3 is 0 Å². The molecule has 0 saturated carbocycles. The van der Waals surface area contributed by atoms with Crippen LogP contribution in [0.2, 0.25) is 0 Å². The van der Waals surface area contributed by atoms with Crippen LogP contribution in [-0.2, 0) is 6.42 Å². The molecule has 1 amide bonds. The van der Waals surface area contributed by atoms with Crippen LogP contribution in [0.1, 0.15) is 95.1 Å². The number of methoxy groups -OCH3 is 2. The van der Waals surface area contributed by atoms with E-state index in [1.54, 1.807) is 14.2 Å². The van der Waals surface area contributed by atoms with Crippen LogP contribution in [0.5, 0.6) is 23.0 Å². The van der Waals surface area contributed by atoms with Crippen LogP contribution in [0, 0.1) is 12.8 Å². The van der Waals surface area contributed by atoms with Crippen molar-refractivity contribution in [1.82, 2.24) is 4.90 Å². The van der Waals surface area contributed by atoms with Crippen LogP contribution in [0.3, 0.4) is 0 Å². The zero-order chi connectivity index (χ0) is 42.3. The molecule has 0 spiro atoms. The van der Waals surface area contributed by atoms with Gasteiger partial charge in [0.25, 0.3) is 5.91 Å². The molecule has 312 valence electrons. The van der Waals surface area contributed by atoms with Crippen molar-refractivity contribution >= 4 is 41.7 Å². The van der Waals surface area contributed by atoms with E-state index in [9.17, 15) is 4.79 Å². The zero-order valence-corrected chi connectivity index (χ0v) is 37.9. The van der Waals surface area contributed by atoms with Crippen LogP contribution in [0.4, 0.5) is 5.69 Å². The molecule has 2 heterocycles. The second-order valence-corrected chi connectivity index (χ2v) is 18.8. The van der Waals surface area contributed by atoms with Crippen molar-refractivity contribution in [2.75, 3.05) is 33.2 Å². The van der Waals surface area contributed by atoms with Crippen molar-refractivity contribution in [3.63, 3.8) is 0 Å². The van der Waals surface area contributed by atoms with Gasteiger partial charge in [-0.15, -0.1) is 11.8 Å².